The molecule has 6 nitrogen and oxygen atoms in total. The highest BCUT2D eigenvalue weighted by Crippen LogP contribution is 2.31. The Kier molecular flexibility index (Phi) is 3.87. The van der Waals surface area contributed by atoms with Gasteiger partial charge < -0.3 is 20.3 Å². The van der Waals surface area contributed by atoms with E-state index >= 15 is 0 Å². The van der Waals surface area contributed by atoms with Crippen molar-refractivity contribution >= 4 is 11.5 Å². The summed E-state index contributed by atoms with van der Waals surface area (Å²) in [4.78, 5) is 12.9. The van der Waals surface area contributed by atoms with Gasteiger partial charge in [0, 0.05) is 26.2 Å². The number of para-hydroxylation sites is 1. The molecule has 110 valence electrons. The van der Waals surface area contributed by atoms with Gasteiger partial charge in [-0.3, -0.25) is 0 Å². The maximum absolute atomic E-state index is 6.19. The molecule has 2 heterocycles. The summed E-state index contributed by atoms with van der Waals surface area (Å²) >= 11 is 0. The molecule has 6 heteroatoms. The largest absolute Gasteiger partial charge is 0.437 e. The van der Waals surface area contributed by atoms with E-state index in [4.69, 9.17) is 10.5 Å². The lowest BCUT2D eigenvalue weighted by atomic mass is 10.3. The molecule has 0 aliphatic carbocycles. The summed E-state index contributed by atoms with van der Waals surface area (Å²) in [6, 6.07) is 9.50. The average molecular weight is 285 g/mol. The van der Waals surface area contributed by atoms with Crippen LogP contribution in [0.4, 0.5) is 11.5 Å². The molecule has 1 aromatic carbocycles. The van der Waals surface area contributed by atoms with E-state index in [1.807, 2.05) is 30.3 Å². The Balaban J connectivity index is 1.82. The molecule has 1 aliphatic heterocycles. The molecule has 0 bridgehead atoms. The third kappa shape index (κ3) is 3.05. The summed E-state index contributed by atoms with van der Waals surface area (Å²) in [6.45, 7) is 3.81. The molecule has 0 radical (unpaired) electrons. The quantitative estimate of drug-likeness (QED) is 0.924. The molecular formula is C15H19N5O. The van der Waals surface area contributed by atoms with Crippen LogP contribution in [0.1, 0.15) is 0 Å². The summed E-state index contributed by atoms with van der Waals surface area (Å²) in [5.74, 6) is 1.88. The van der Waals surface area contributed by atoms with Crippen molar-refractivity contribution in [3.8, 4) is 11.6 Å². The number of piperazine rings is 1. The molecule has 21 heavy (non-hydrogen) atoms. The number of hydrogen-bond acceptors (Lipinski definition) is 6. The molecule has 0 amide bonds. The fourth-order valence-corrected chi connectivity index (χ4v) is 2.32. The predicted molar refractivity (Wildman–Crippen MR) is 82.7 cm³/mol. The standard InChI is InChI=1S/C15H19N5O/c1-19-7-9-20(10-8-19)14-13(16)15(18-11-17-14)21-12-5-3-2-4-6-12/h2-6,11H,7-10,16H2,1H3. The average Bonchev–Trinajstić information content (AvgIpc) is 2.52. The van der Waals surface area contributed by atoms with Gasteiger partial charge in [0.1, 0.15) is 17.8 Å². The highest BCUT2D eigenvalue weighted by Gasteiger charge is 2.20. The van der Waals surface area contributed by atoms with Crippen LogP contribution in [-0.2, 0) is 0 Å². The Bertz CT molecular complexity index is 596. The van der Waals surface area contributed by atoms with Crippen LogP contribution in [0.15, 0.2) is 36.7 Å². The van der Waals surface area contributed by atoms with Crippen molar-refractivity contribution < 1.29 is 4.74 Å². The number of nitrogen functional groups attached to an aromatic ring is 1. The lowest BCUT2D eigenvalue weighted by Crippen LogP contribution is -2.45. The molecule has 1 aromatic heterocycles. The zero-order valence-electron chi connectivity index (χ0n) is 12.1. The van der Waals surface area contributed by atoms with Crippen LogP contribution in [-0.4, -0.2) is 48.1 Å². The second-order valence-electron chi connectivity index (χ2n) is 5.12. The molecule has 3 rings (SSSR count). The first-order valence-electron chi connectivity index (χ1n) is 7.01. The van der Waals surface area contributed by atoms with Gasteiger partial charge in [0.15, 0.2) is 5.82 Å². The van der Waals surface area contributed by atoms with Crippen LogP contribution < -0.4 is 15.4 Å². The van der Waals surface area contributed by atoms with Crippen molar-refractivity contribution in [3.63, 3.8) is 0 Å². The van der Waals surface area contributed by atoms with Crippen LogP contribution in [0.3, 0.4) is 0 Å². The molecule has 1 saturated heterocycles. The van der Waals surface area contributed by atoms with Crippen molar-refractivity contribution in [2.24, 2.45) is 0 Å². The van der Waals surface area contributed by atoms with E-state index in [1.165, 1.54) is 6.33 Å². The Labute approximate surface area is 124 Å². The van der Waals surface area contributed by atoms with Gasteiger partial charge in [0.05, 0.1) is 0 Å². The lowest BCUT2D eigenvalue weighted by molar-refractivity contribution is 0.312. The summed E-state index contributed by atoms with van der Waals surface area (Å²) in [5.41, 5.74) is 6.68. The Morgan fingerprint density at radius 3 is 2.48 bits per heavy atom. The number of nitrogens with zero attached hydrogens (tertiary/aromatic N) is 4. The molecule has 1 fully saturated rings. The van der Waals surface area contributed by atoms with Gasteiger partial charge >= 0.3 is 0 Å². The number of anilines is 2. The maximum atomic E-state index is 6.19. The molecule has 0 unspecified atom stereocenters. The first kappa shape index (κ1) is 13.6. The minimum Gasteiger partial charge on any atom is -0.437 e. The monoisotopic (exact) mass is 285 g/mol. The van der Waals surface area contributed by atoms with Crippen LogP contribution in [0.2, 0.25) is 0 Å². The van der Waals surface area contributed by atoms with Gasteiger partial charge in [0.25, 0.3) is 0 Å². The first-order chi connectivity index (χ1) is 10.2. The normalized spacial score (nSPS) is 16.0. The predicted octanol–water partition coefficient (Wildman–Crippen LogP) is 1.60. The van der Waals surface area contributed by atoms with Gasteiger partial charge in [-0.2, -0.15) is 4.98 Å². The first-order valence-corrected chi connectivity index (χ1v) is 7.01. The van der Waals surface area contributed by atoms with E-state index in [1.54, 1.807) is 0 Å². The number of nitrogens with two attached hydrogens (primary N) is 1. The lowest BCUT2D eigenvalue weighted by Gasteiger charge is -2.33. The number of ether oxygens (including phenoxy) is 1. The van der Waals surface area contributed by atoms with Gasteiger partial charge in [-0.25, -0.2) is 4.98 Å². The van der Waals surface area contributed by atoms with E-state index in [-0.39, 0.29) is 0 Å². The smallest absolute Gasteiger partial charge is 0.248 e. The second kappa shape index (κ2) is 5.97. The minimum absolute atomic E-state index is 0.408. The molecule has 2 aromatic rings. The van der Waals surface area contributed by atoms with Crippen molar-refractivity contribution in [2.45, 2.75) is 0 Å². The number of hydrogen-bond donors (Lipinski definition) is 1. The third-order valence-electron chi connectivity index (χ3n) is 3.59. The fraction of sp³-hybridized carbons (Fsp3) is 0.333. The number of likely N-dealkylation sites (N-methyl/N-ethyl adjacent to an activating group) is 1. The van der Waals surface area contributed by atoms with Crippen LogP contribution in [0.5, 0.6) is 11.6 Å². The fourth-order valence-electron chi connectivity index (χ4n) is 2.32. The van der Waals surface area contributed by atoms with Gasteiger partial charge in [-0.15, -0.1) is 0 Å². The zero-order chi connectivity index (χ0) is 14.7. The molecule has 0 saturated carbocycles. The number of benzene rings is 1. The van der Waals surface area contributed by atoms with E-state index in [2.05, 4.69) is 26.8 Å². The molecule has 0 spiro atoms. The van der Waals surface area contributed by atoms with Crippen LogP contribution >= 0.6 is 0 Å². The van der Waals surface area contributed by atoms with Crippen molar-refractivity contribution in [3.05, 3.63) is 36.7 Å². The molecular weight excluding hydrogens is 266 g/mol. The van der Waals surface area contributed by atoms with Crippen molar-refractivity contribution in [1.29, 1.82) is 0 Å². The van der Waals surface area contributed by atoms with Gasteiger partial charge in [-0.05, 0) is 19.2 Å². The molecule has 0 atom stereocenters. The van der Waals surface area contributed by atoms with Gasteiger partial charge in [-0.1, -0.05) is 18.2 Å². The molecule has 2 N–H and O–H groups in total. The van der Waals surface area contributed by atoms with E-state index in [9.17, 15) is 0 Å². The Morgan fingerprint density at radius 2 is 1.76 bits per heavy atom. The second-order valence-corrected chi connectivity index (χ2v) is 5.12. The summed E-state index contributed by atoms with van der Waals surface area (Å²) in [7, 11) is 2.12. The third-order valence-corrected chi connectivity index (χ3v) is 3.59. The minimum atomic E-state index is 0.408. The SMILES string of the molecule is CN1CCN(c2ncnc(Oc3ccccc3)c2N)CC1. The van der Waals surface area contributed by atoms with Crippen molar-refractivity contribution in [2.75, 3.05) is 43.9 Å². The van der Waals surface area contributed by atoms with E-state index in [0.717, 1.165) is 32.0 Å². The maximum Gasteiger partial charge on any atom is 0.248 e. The summed E-state index contributed by atoms with van der Waals surface area (Å²) in [6.07, 6.45) is 1.50. The summed E-state index contributed by atoms with van der Waals surface area (Å²) < 4.78 is 5.75. The summed E-state index contributed by atoms with van der Waals surface area (Å²) in [5, 5.41) is 0. The number of rotatable bonds is 3. The number of aromatic nitrogens is 2. The Morgan fingerprint density at radius 1 is 1.05 bits per heavy atom. The zero-order valence-corrected chi connectivity index (χ0v) is 12.1. The molecule has 1 aliphatic rings. The topological polar surface area (TPSA) is 67.5 Å². The van der Waals surface area contributed by atoms with Gasteiger partial charge in [0.2, 0.25) is 5.88 Å². The van der Waals surface area contributed by atoms with Crippen LogP contribution in [0.25, 0.3) is 0 Å². The van der Waals surface area contributed by atoms with E-state index < -0.39 is 0 Å². The van der Waals surface area contributed by atoms with Crippen molar-refractivity contribution in [1.82, 2.24) is 14.9 Å². The highest BCUT2D eigenvalue weighted by molar-refractivity contribution is 5.68. The van der Waals surface area contributed by atoms with Crippen LogP contribution in [0, 0.1) is 0 Å². The highest BCUT2D eigenvalue weighted by atomic mass is 16.5. The Hall–Kier alpha value is -2.34. The van der Waals surface area contributed by atoms with E-state index in [0.29, 0.717) is 17.3 Å².